The molecule has 0 heterocycles. The molecule has 100 valence electrons. The zero-order valence-electron chi connectivity index (χ0n) is 10.2. The van der Waals surface area contributed by atoms with Crippen molar-refractivity contribution >= 4 is 5.97 Å². The monoisotopic (exact) mass is 257 g/mol. The first-order valence-corrected chi connectivity index (χ1v) is 5.78. The summed E-state index contributed by atoms with van der Waals surface area (Å²) in [5, 5.41) is 0. The Morgan fingerprint density at radius 2 is 2.00 bits per heavy atom. The second kappa shape index (κ2) is 6.44. The Morgan fingerprint density at radius 1 is 1.39 bits per heavy atom. The number of esters is 1. The fourth-order valence-electron chi connectivity index (χ4n) is 1.62. The minimum absolute atomic E-state index is 0.136. The van der Waals surface area contributed by atoms with Crippen LogP contribution in [0.25, 0.3) is 0 Å². The third-order valence-electron chi connectivity index (χ3n) is 2.41. The number of benzene rings is 1. The molecule has 5 heteroatoms. The Labute approximate surface area is 105 Å². The lowest BCUT2D eigenvalue weighted by atomic mass is 10.0. The molecule has 0 bridgehead atoms. The van der Waals surface area contributed by atoms with E-state index in [4.69, 9.17) is 5.73 Å². The number of carbonyl (C=O) groups is 1. The predicted octanol–water partition coefficient (Wildman–Crippen LogP) is 2.14. The number of hydrogen-bond acceptors (Lipinski definition) is 3. The Morgan fingerprint density at radius 3 is 2.56 bits per heavy atom. The molecule has 1 rings (SSSR count). The van der Waals surface area contributed by atoms with Crippen molar-refractivity contribution in [2.75, 3.05) is 6.61 Å². The van der Waals surface area contributed by atoms with Gasteiger partial charge >= 0.3 is 5.97 Å². The molecular weight excluding hydrogens is 240 g/mol. The van der Waals surface area contributed by atoms with Crippen LogP contribution >= 0.6 is 0 Å². The first-order chi connectivity index (χ1) is 8.44. The number of alkyl halides is 2. The average molecular weight is 257 g/mol. The van der Waals surface area contributed by atoms with E-state index >= 15 is 0 Å². The first kappa shape index (κ1) is 14.6. The predicted molar refractivity (Wildman–Crippen MR) is 64.3 cm³/mol. The maximum atomic E-state index is 13.7. The molecule has 0 radical (unpaired) electrons. The molecule has 0 aliphatic rings. The number of nitrogens with two attached hydrogens (primary N) is 1. The summed E-state index contributed by atoms with van der Waals surface area (Å²) in [6.45, 7) is 1.74. The van der Waals surface area contributed by atoms with E-state index in [9.17, 15) is 13.6 Å². The summed E-state index contributed by atoms with van der Waals surface area (Å²) >= 11 is 0. The zero-order chi connectivity index (χ0) is 13.6. The van der Waals surface area contributed by atoms with Gasteiger partial charge in [-0.3, -0.25) is 4.79 Å². The van der Waals surface area contributed by atoms with Crippen LogP contribution in [-0.4, -0.2) is 24.5 Å². The van der Waals surface area contributed by atoms with Crippen LogP contribution in [-0.2, 0) is 16.0 Å². The van der Waals surface area contributed by atoms with Crippen molar-refractivity contribution in [3.8, 4) is 0 Å². The van der Waals surface area contributed by atoms with Gasteiger partial charge in [-0.25, -0.2) is 8.78 Å². The van der Waals surface area contributed by atoms with E-state index in [1.807, 2.05) is 0 Å². The third kappa shape index (κ3) is 4.79. The van der Waals surface area contributed by atoms with Crippen LogP contribution in [0.4, 0.5) is 8.78 Å². The Hall–Kier alpha value is -1.49. The topological polar surface area (TPSA) is 52.3 Å². The van der Waals surface area contributed by atoms with Gasteiger partial charge < -0.3 is 10.5 Å². The molecule has 0 amide bonds. The van der Waals surface area contributed by atoms with Crippen LogP contribution < -0.4 is 5.73 Å². The minimum Gasteiger partial charge on any atom is -0.465 e. The van der Waals surface area contributed by atoms with Gasteiger partial charge in [0, 0.05) is 12.8 Å². The molecule has 18 heavy (non-hydrogen) atoms. The maximum absolute atomic E-state index is 13.7. The van der Waals surface area contributed by atoms with Crippen molar-refractivity contribution in [2.45, 2.75) is 31.7 Å². The number of halogens is 2. The molecule has 0 saturated heterocycles. The van der Waals surface area contributed by atoms with Crippen molar-refractivity contribution in [1.29, 1.82) is 0 Å². The lowest BCUT2D eigenvalue weighted by molar-refractivity contribution is -0.147. The number of carbonyl (C=O) groups excluding carboxylic acids is 1. The SMILES string of the molecule is CCOC(=O)[C@@H](N)CC(F)(F)Cc1ccccc1. The molecule has 0 aliphatic carbocycles. The van der Waals surface area contributed by atoms with Crippen LogP contribution in [0.3, 0.4) is 0 Å². The van der Waals surface area contributed by atoms with Crippen LogP contribution in [0.5, 0.6) is 0 Å². The van der Waals surface area contributed by atoms with Gasteiger partial charge in [0.2, 0.25) is 0 Å². The van der Waals surface area contributed by atoms with Crippen molar-refractivity contribution < 1.29 is 18.3 Å². The van der Waals surface area contributed by atoms with Gasteiger partial charge in [0.05, 0.1) is 6.61 Å². The fraction of sp³-hybridized carbons (Fsp3) is 0.462. The van der Waals surface area contributed by atoms with E-state index in [0.29, 0.717) is 5.56 Å². The van der Waals surface area contributed by atoms with Gasteiger partial charge in [0.15, 0.2) is 0 Å². The largest absolute Gasteiger partial charge is 0.465 e. The lowest BCUT2D eigenvalue weighted by Crippen LogP contribution is -2.39. The normalized spacial score (nSPS) is 13.1. The van der Waals surface area contributed by atoms with Gasteiger partial charge in [-0.15, -0.1) is 0 Å². The van der Waals surface area contributed by atoms with E-state index in [1.165, 1.54) is 0 Å². The summed E-state index contributed by atoms with van der Waals surface area (Å²) in [4.78, 5) is 11.2. The smallest absolute Gasteiger partial charge is 0.323 e. The Balaban J connectivity index is 2.56. The Bertz CT molecular complexity index is 382. The molecule has 0 aliphatic heterocycles. The molecule has 1 aromatic carbocycles. The second-order valence-electron chi connectivity index (χ2n) is 4.08. The van der Waals surface area contributed by atoms with E-state index < -0.39 is 30.8 Å². The third-order valence-corrected chi connectivity index (χ3v) is 2.41. The quantitative estimate of drug-likeness (QED) is 0.794. The highest BCUT2D eigenvalue weighted by Gasteiger charge is 2.34. The number of ether oxygens (including phenoxy) is 1. The summed E-state index contributed by atoms with van der Waals surface area (Å²) in [6.07, 6.45) is -1.14. The zero-order valence-corrected chi connectivity index (χ0v) is 10.2. The summed E-state index contributed by atoms with van der Waals surface area (Å²) in [5.74, 6) is -3.81. The van der Waals surface area contributed by atoms with Crippen LogP contribution in [0.1, 0.15) is 18.9 Å². The lowest BCUT2D eigenvalue weighted by Gasteiger charge is -2.19. The summed E-state index contributed by atoms with van der Waals surface area (Å²) in [5.41, 5.74) is 5.90. The first-order valence-electron chi connectivity index (χ1n) is 5.78. The molecule has 1 aromatic rings. The average Bonchev–Trinajstić information content (AvgIpc) is 2.29. The molecular formula is C13H17F2NO2. The van der Waals surface area contributed by atoms with Gasteiger partial charge in [-0.2, -0.15) is 0 Å². The van der Waals surface area contributed by atoms with Gasteiger partial charge in [0.25, 0.3) is 5.92 Å². The molecule has 0 fully saturated rings. The van der Waals surface area contributed by atoms with Crippen molar-refractivity contribution in [1.82, 2.24) is 0 Å². The molecule has 0 aromatic heterocycles. The molecule has 0 spiro atoms. The molecule has 0 saturated carbocycles. The summed E-state index contributed by atoms with van der Waals surface area (Å²) < 4.78 is 31.9. The number of hydrogen-bond donors (Lipinski definition) is 1. The molecule has 1 atom stereocenters. The second-order valence-corrected chi connectivity index (χ2v) is 4.08. The van der Waals surface area contributed by atoms with Crippen molar-refractivity contribution in [2.24, 2.45) is 5.73 Å². The van der Waals surface area contributed by atoms with Gasteiger partial charge in [0.1, 0.15) is 6.04 Å². The standard InChI is InChI=1S/C13H17F2NO2/c1-2-18-12(17)11(16)9-13(14,15)8-10-6-4-3-5-7-10/h3-7,11H,2,8-9,16H2,1H3/t11-/m0/s1. The highest BCUT2D eigenvalue weighted by atomic mass is 19.3. The minimum atomic E-state index is -3.02. The van der Waals surface area contributed by atoms with Crippen LogP contribution in [0, 0.1) is 0 Å². The van der Waals surface area contributed by atoms with Crippen LogP contribution in [0.2, 0.25) is 0 Å². The van der Waals surface area contributed by atoms with Gasteiger partial charge in [-0.05, 0) is 12.5 Å². The van der Waals surface area contributed by atoms with Gasteiger partial charge in [-0.1, -0.05) is 30.3 Å². The molecule has 0 unspecified atom stereocenters. The van der Waals surface area contributed by atoms with E-state index in [0.717, 1.165) is 0 Å². The fourth-order valence-corrected chi connectivity index (χ4v) is 1.62. The van der Waals surface area contributed by atoms with Crippen molar-refractivity contribution in [3.63, 3.8) is 0 Å². The number of rotatable bonds is 6. The van der Waals surface area contributed by atoms with Crippen LogP contribution in [0.15, 0.2) is 30.3 Å². The van der Waals surface area contributed by atoms with E-state index in [2.05, 4.69) is 4.74 Å². The van der Waals surface area contributed by atoms with E-state index in [-0.39, 0.29) is 6.61 Å². The highest BCUT2D eigenvalue weighted by Crippen LogP contribution is 2.25. The highest BCUT2D eigenvalue weighted by molar-refractivity contribution is 5.75. The maximum Gasteiger partial charge on any atom is 0.323 e. The molecule has 3 nitrogen and oxygen atoms in total. The summed E-state index contributed by atoms with van der Waals surface area (Å²) in [7, 11) is 0. The molecule has 2 N–H and O–H groups in total. The van der Waals surface area contributed by atoms with Crippen molar-refractivity contribution in [3.05, 3.63) is 35.9 Å². The summed E-state index contributed by atoms with van der Waals surface area (Å²) in [6, 6.07) is 7.08. The van der Waals surface area contributed by atoms with E-state index in [1.54, 1.807) is 37.3 Å². The Kier molecular flexibility index (Phi) is 5.22.